The summed E-state index contributed by atoms with van der Waals surface area (Å²) in [6, 6.07) is 14.0. The van der Waals surface area contributed by atoms with Crippen molar-refractivity contribution in [1.82, 2.24) is 19.7 Å². The Morgan fingerprint density at radius 3 is 2.60 bits per heavy atom. The number of halogens is 2. The molecule has 3 aromatic heterocycles. The van der Waals surface area contributed by atoms with E-state index in [0.717, 1.165) is 22.3 Å². The smallest absolute Gasteiger partial charge is 0.245 e. The van der Waals surface area contributed by atoms with E-state index in [2.05, 4.69) is 15.1 Å². The van der Waals surface area contributed by atoms with Crippen LogP contribution in [-0.2, 0) is 11.2 Å². The van der Waals surface area contributed by atoms with Gasteiger partial charge in [-0.3, -0.25) is 14.8 Å². The molecule has 0 saturated carbocycles. The van der Waals surface area contributed by atoms with Crippen LogP contribution in [0.15, 0.2) is 67.1 Å². The first kappa shape index (κ1) is 19.8. The van der Waals surface area contributed by atoms with Gasteiger partial charge < -0.3 is 0 Å². The predicted molar refractivity (Wildman–Crippen MR) is 110 cm³/mol. The predicted octanol–water partition coefficient (Wildman–Crippen LogP) is 4.67. The molecule has 0 unspecified atom stereocenters. The lowest BCUT2D eigenvalue weighted by Gasteiger charge is -2.15. The molecule has 0 spiro atoms. The maximum absolute atomic E-state index is 13.5. The zero-order chi connectivity index (χ0) is 21.1. The van der Waals surface area contributed by atoms with Crippen LogP contribution in [0.3, 0.4) is 0 Å². The second-order valence-electron chi connectivity index (χ2n) is 7.22. The average molecular weight is 406 g/mol. The van der Waals surface area contributed by atoms with Gasteiger partial charge in [0, 0.05) is 35.8 Å². The zero-order valence-electron chi connectivity index (χ0n) is 16.4. The van der Waals surface area contributed by atoms with Crippen LogP contribution < -0.4 is 0 Å². The molecular formula is C23H20F2N4O. The lowest BCUT2D eigenvalue weighted by molar-refractivity contribution is -0.119. The summed E-state index contributed by atoms with van der Waals surface area (Å²) >= 11 is 0. The Hall–Kier alpha value is -3.48. The summed E-state index contributed by atoms with van der Waals surface area (Å²) < 4.78 is 28.8. The summed E-state index contributed by atoms with van der Waals surface area (Å²) in [5.74, 6) is -1.38. The second-order valence-corrected chi connectivity index (χ2v) is 7.22. The topological polar surface area (TPSA) is 60.7 Å². The standard InChI is InChI=1S/C23H20F2N4O/c1-15-9-19(7-8-26-15)29-22-14-27-18(10-17(22)13-28-29)11-20(30)12-21(23(24)25)16-5-3-2-4-6-16/h2-10,13-14,21,23H,11-12H2,1H3/t21-/m0/s1. The molecule has 0 N–H and O–H groups in total. The van der Waals surface area contributed by atoms with E-state index in [-0.39, 0.29) is 18.6 Å². The van der Waals surface area contributed by atoms with Crippen LogP contribution in [0.2, 0.25) is 0 Å². The van der Waals surface area contributed by atoms with Gasteiger partial charge in [-0.05, 0) is 30.7 Å². The van der Waals surface area contributed by atoms with Crippen LogP contribution in [0, 0.1) is 6.92 Å². The highest BCUT2D eigenvalue weighted by Crippen LogP contribution is 2.27. The van der Waals surface area contributed by atoms with Gasteiger partial charge in [0.05, 0.1) is 29.5 Å². The van der Waals surface area contributed by atoms with Crippen LogP contribution in [0.5, 0.6) is 0 Å². The minimum absolute atomic E-state index is 0.00549. The molecule has 7 heteroatoms. The number of carbonyl (C=O) groups is 1. The SMILES string of the molecule is Cc1cc(-n2ncc3cc(CC(=O)C[C@@H](c4ccccc4)C(F)F)ncc32)ccn1. The van der Waals surface area contributed by atoms with Crippen molar-refractivity contribution in [3.63, 3.8) is 0 Å². The number of hydrogen-bond acceptors (Lipinski definition) is 4. The number of fused-ring (bicyclic) bond motifs is 1. The van der Waals surface area contributed by atoms with Crippen LogP contribution in [0.25, 0.3) is 16.6 Å². The number of hydrogen-bond donors (Lipinski definition) is 0. The molecule has 0 aliphatic heterocycles. The van der Waals surface area contributed by atoms with E-state index in [0.29, 0.717) is 11.3 Å². The van der Waals surface area contributed by atoms with Crippen LogP contribution >= 0.6 is 0 Å². The molecule has 3 heterocycles. The Kier molecular flexibility index (Phi) is 5.61. The fraction of sp³-hybridized carbons (Fsp3) is 0.217. The number of benzene rings is 1. The lowest BCUT2D eigenvalue weighted by atomic mass is 9.93. The highest BCUT2D eigenvalue weighted by molar-refractivity contribution is 5.84. The van der Waals surface area contributed by atoms with E-state index in [4.69, 9.17) is 0 Å². The van der Waals surface area contributed by atoms with Gasteiger partial charge in [-0.15, -0.1) is 0 Å². The van der Waals surface area contributed by atoms with Crippen molar-refractivity contribution >= 4 is 16.7 Å². The number of aromatic nitrogens is 4. The molecule has 1 aromatic carbocycles. The Balaban J connectivity index is 1.52. The van der Waals surface area contributed by atoms with Gasteiger partial charge in [0.1, 0.15) is 5.78 Å². The third-order valence-electron chi connectivity index (χ3n) is 4.99. The van der Waals surface area contributed by atoms with E-state index in [1.54, 1.807) is 59.7 Å². The largest absolute Gasteiger partial charge is 0.299 e. The first-order chi connectivity index (χ1) is 14.5. The molecule has 0 radical (unpaired) electrons. The zero-order valence-corrected chi connectivity index (χ0v) is 16.4. The number of rotatable bonds is 7. The Labute approximate surface area is 172 Å². The van der Waals surface area contributed by atoms with Crippen LogP contribution in [-0.4, -0.2) is 32.0 Å². The summed E-state index contributed by atoms with van der Waals surface area (Å²) in [6.07, 6.45) is 2.25. The van der Waals surface area contributed by atoms with Crippen molar-refractivity contribution in [2.24, 2.45) is 0 Å². The highest BCUT2D eigenvalue weighted by atomic mass is 19.3. The quantitative estimate of drug-likeness (QED) is 0.447. The normalized spacial score (nSPS) is 12.4. The van der Waals surface area contributed by atoms with Gasteiger partial charge in [0.15, 0.2) is 0 Å². The Bertz CT molecular complexity index is 1170. The van der Waals surface area contributed by atoms with E-state index < -0.39 is 12.3 Å². The third kappa shape index (κ3) is 4.25. The Morgan fingerprint density at radius 2 is 1.87 bits per heavy atom. The van der Waals surface area contributed by atoms with Crippen molar-refractivity contribution in [1.29, 1.82) is 0 Å². The third-order valence-corrected chi connectivity index (χ3v) is 4.99. The number of nitrogens with zero attached hydrogens (tertiary/aromatic N) is 4. The fourth-order valence-electron chi connectivity index (χ4n) is 3.51. The van der Waals surface area contributed by atoms with Crippen molar-refractivity contribution in [3.8, 4) is 5.69 Å². The van der Waals surface area contributed by atoms with Gasteiger partial charge in [-0.1, -0.05) is 30.3 Å². The number of ketones is 1. The first-order valence-corrected chi connectivity index (χ1v) is 9.62. The first-order valence-electron chi connectivity index (χ1n) is 9.62. The molecular weight excluding hydrogens is 386 g/mol. The van der Waals surface area contributed by atoms with Crippen molar-refractivity contribution in [3.05, 3.63) is 84.1 Å². The summed E-state index contributed by atoms with van der Waals surface area (Å²) in [6.45, 7) is 1.90. The average Bonchev–Trinajstić information content (AvgIpc) is 3.16. The van der Waals surface area contributed by atoms with E-state index >= 15 is 0 Å². The maximum Gasteiger partial charge on any atom is 0.245 e. The summed E-state index contributed by atoms with van der Waals surface area (Å²) in [7, 11) is 0. The number of alkyl halides is 2. The number of pyridine rings is 2. The molecule has 5 nitrogen and oxygen atoms in total. The van der Waals surface area contributed by atoms with Gasteiger partial charge in [0.2, 0.25) is 6.43 Å². The van der Waals surface area contributed by atoms with E-state index in [1.165, 1.54) is 0 Å². The summed E-state index contributed by atoms with van der Waals surface area (Å²) in [5, 5.41) is 5.23. The van der Waals surface area contributed by atoms with Crippen molar-refractivity contribution in [2.75, 3.05) is 0 Å². The van der Waals surface area contributed by atoms with Crippen LogP contribution in [0.1, 0.15) is 29.3 Å². The molecule has 4 aromatic rings. The number of aryl methyl sites for hydroxylation is 1. The van der Waals surface area contributed by atoms with Gasteiger partial charge in [-0.2, -0.15) is 5.10 Å². The molecule has 0 amide bonds. The lowest BCUT2D eigenvalue weighted by Crippen LogP contribution is -2.16. The molecule has 0 fully saturated rings. The van der Waals surface area contributed by atoms with Crippen molar-refractivity contribution < 1.29 is 13.6 Å². The number of Topliss-reactive ketones (excluding diaryl/α,β-unsaturated/α-hetero) is 1. The molecule has 152 valence electrons. The van der Waals surface area contributed by atoms with Gasteiger partial charge in [0.25, 0.3) is 0 Å². The van der Waals surface area contributed by atoms with Gasteiger partial charge >= 0.3 is 0 Å². The van der Waals surface area contributed by atoms with Gasteiger partial charge in [-0.25, -0.2) is 13.5 Å². The molecule has 4 rings (SSSR count). The van der Waals surface area contributed by atoms with E-state index in [1.807, 2.05) is 19.1 Å². The molecule has 1 atom stereocenters. The maximum atomic E-state index is 13.5. The molecule has 30 heavy (non-hydrogen) atoms. The monoisotopic (exact) mass is 406 g/mol. The highest BCUT2D eigenvalue weighted by Gasteiger charge is 2.25. The number of carbonyl (C=O) groups excluding carboxylic acids is 1. The van der Waals surface area contributed by atoms with Crippen LogP contribution in [0.4, 0.5) is 8.78 Å². The molecule has 0 saturated heterocycles. The Morgan fingerprint density at radius 1 is 1.07 bits per heavy atom. The van der Waals surface area contributed by atoms with E-state index in [9.17, 15) is 13.6 Å². The molecule has 0 aliphatic rings. The minimum atomic E-state index is -2.60. The summed E-state index contributed by atoms with van der Waals surface area (Å²) in [4.78, 5) is 21.1. The minimum Gasteiger partial charge on any atom is -0.299 e. The second kappa shape index (κ2) is 8.49. The fourth-order valence-corrected chi connectivity index (χ4v) is 3.51. The molecule has 0 aliphatic carbocycles. The summed E-state index contributed by atoms with van der Waals surface area (Å²) in [5.41, 5.74) is 3.55. The molecule has 0 bridgehead atoms. The van der Waals surface area contributed by atoms with Crippen molar-refractivity contribution in [2.45, 2.75) is 32.1 Å².